The van der Waals surface area contributed by atoms with Crippen molar-refractivity contribution in [2.24, 2.45) is 0 Å². The molecule has 0 aromatic carbocycles. The van der Waals surface area contributed by atoms with E-state index in [9.17, 15) is 0 Å². The van der Waals surface area contributed by atoms with Crippen LogP contribution in [0.3, 0.4) is 0 Å². The standard InChI is InChI=1S/4C4H9.C4H4.2Sb/c5*1-3-4-2;;/h4*3H,4H2,1-2H3;1-4H;;. The second-order valence-corrected chi connectivity index (χ2v) is 54.7. The van der Waals surface area contributed by atoms with E-state index in [2.05, 4.69) is 75.6 Å². The molecule has 0 saturated carbocycles. The van der Waals surface area contributed by atoms with Crippen LogP contribution in [0.1, 0.15) is 81.1 Å². The van der Waals surface area contributed by atoms with Gasteiger partial charge in [-0.2, -0.15) is 0 Å². The van der Waals surface area contributed by atoms with Gasteiger partial charge in [-0.3, -0.25) is 0 Å². The molecule has 0 aliphatic carbocycles. The zero-order chi connectivity index (χ0) is 17.0. The summed E-state index contributed by atoms with van der Waals surface area (Å²) in [5, 5.41) is 0. The van der Waals surface area contributed by atoms with Crippen LogP contribution >= 0.6 is 0 Å². The van der Waals surface area contributed by atoms with Gasteiger partial charge in [0.05, 0.1) is 0 Å². The Morgan fingerprint density at radius 2 is 0.773 bits per heavy atom. The molecule has 1 aliphatic rings. The van der Waals surface area contributed by atoms with Crippen LogP contribution in [0.2, 0.25) is 15.5 Å². The molecule has 4 atom stereocenters. The average Bonchev–Trinajstić information content (AvgIpc) is 2.58. The summed E-state index contributed by atoms with van der Waals surface area (Å²) in [6.07, 6.45) is 10.5. The van der Waals surface area contributed by atoms with Gasteiger partial charge in [0, 0.05) is 0 Å². The topological polar surface area (TPSA) is 0 Å². The van der Waals surface area contributed by atoms with E-state index in [1.807, 2.05) is 0 Å². The first kappa shape index (κ1) is 21.2. The van der Waals surface area contributed by atoms with Crippen LogP contribution < -0.4 is 0 Å². The van der Waals surface area contributed by atoms with Crippen molar-refractivity contribution in [1.82, 2.24) is 0 Å². The Kier molecular flexibility index (Phi) is 8.65. The molecule has 0 aromatic heterocycles. The quantitative estimate of drug-likeness (QED) is 0.291. The third-order valence-electron chi connectivity index (χ3n) is 6.55. The molecule has 0 aromatic rings. The normalized spacial score (nSPS) is 33.5. The van der Waals surface area contributed by atoms with Gasteiger partial charge in [0.2, 0.25) is 0 Å². The van der Waals surface area contributed by atoms with Crippen molar-refractivity contribution in [2.45, 2.75) is 96.5 Å². The Hall–Kier alpha value is 1.12. The fraction of sp³-hybridized carbons (Fsp3) is 0.800. The third-order valence-corrected chi connectivity index (χ3v) is 92.2. The third kappa shape index (κ3) is 3.27. The number of rotatable bonds is 8. The van der Waals surface area contributed by atoms with Gasteiger partial charge in [-0.15, -0.1) is 0 Å². The Morgan fingerprint density at radius 1 is 0.545 bits per heavy atom. The Balaban J connectivity index is 3.99. The minimum atomic E-state index is -2.24. The van der Waals surface area contributed by atoms with E-state index in [1.54, 1.807) is 0 Å². The van der Waals surface area contributed by atoms with Crippen LogP contribution in [0.4, 0.5) is 0 Å². The second-order valence-electron chi connectivity index (χ2n) is 7.30. The molecule has 22 heavy (non-hydrogen) atoms. The van der Waals surface area contributed by atoms with Crippen LogP contribution in [0, 0.1) is 0 Å². The maximum atomic E-state index is 2.89. The van der Waals surface area contributed by atoms with Gasteiger partial charge < -0.3 is 0 Å². The summed E-state index contributed by atoms with van der Waals surface area (Å²) in [6, 6.07) is 0. The van der Waals surface area contributed by atoms with Crippen LogP contribution in [0.5, 0.6) is 0 Å². The molecule has 0 fully saturated rings. The molecule has 1 rings (SSSR count). The predicted molar refractivity (Wildman–Crippen MR) is 109 cm³/mol. The summed E-state index contributed by atoms with van der Waals surface area (Å²) in [5.41, 5.74) is 0. The van der Waals surface area contributed by atoms with Gasteiger partial charge in [0.25, 0.3) is 0 Å². The summed E-state index contributed by atoms with van der Waals surface area (Å²) in [6.45, 7) is 20.4. The van der Waals surface area contributed by atoms with Crippen LogP contribution in [-0.2, 0) is 0 Å². The molecular weight excluding hydrogens is 484 g/mol. The molecule has 130 valence electrons. The first-order valence-corrected chi connectivity index (χ1v) is 27.2. The zero-order valence-electron chi connectivity index (χ0n) is 16.3. The van der Waals surface area contributed by atoms with Crippen LogP contribution in [0.25, 0.3) is 0 Å². The summed E-state index contributed by atoms with van der Waals surface area (Å²) in [4.78, 5) is 0. The molecular formula is C20H40Sb2. The summed E-state index contributed by atoms with van der Waals surface area (Å²) >= 11 is -4.47. The molecule has 0 amide bonds. The van der Waals surface area contributed by atoms with Crippen LogP contribution in [0.15, 0.2) is 20.2 Å². The van der Waals surface area contributed by atoms with Gasteiger partial charge in [0.1, 0.15) is 0 Å². The molecule has 0 nitrogen and oxygen atoms in total. The van der Waals surface area contributed by atoms with Gasteiger partial charge >= 0.3 is 145 Å². The van der Waals surface area contributed by atoms with Crippen molar-refractivity contribution in [1.29, 1.82) is 0 Å². The first-order valence-electron chi connectivity index (χ1n) is 9.52. The summed E-state index contributed by atoms with van der Waals surface area (Å²) in [7, 11) is 0. The van der Waals surface area contributed by atoms with Crippen molar-refractivity contribution in [3.8, 4) is 0 Å². The fourth-order valence-corrected chi connectivity index (χ4v) is 107. The maximum absolute atomic E-state index is 2.89. The molecule has 0 bridgehead atoms. The molecule has 2 heteroatoms. The second kappa shape index (κ2) is 8.99. The molecule has 4 unspecified atom stereocenters. The Labute approximate surface area is 143 Å². The molecule has 1 heterocycles. The molecule has 0 spiro atoms. The van der Waals surface area contributed by atoms with Crippen molar-refractivity contribution in [3.05, 3.63) is 20.2 Å². The van der Waals surface area contributed by atoms with E-state index < -0.39 is 28.1 Å². The average molecular weight is 524 g/mol. The first-order chi connectivity index (χ1) is 10.4. The van der Waals surface area contributed by atoms with E-state index in [0.29, 0.717) is 0 Å². The van der Waals surface area contributed by atoms with E-state index in [4.69, 9.17) is 0 Å². The van der Waals surface area contributed by atoms with E-state index in [0.717, 1.165) is 15.5 Å². The predicted octanol–water partition coefficient (Wildman–Crippen LogP) is 7.37. The molecule has 0 radical (unpaired) electrons. The minimum absolute atomic E-state index is 1.00. The van der Waals surface area contributed by atoms with Gasteiger partial charge in [-0.25, -0.2) is 0 Å². The van der Waals surface area contributed by atoms with Gasteiger partial charge in [0.15, 0.2) is 0 Å². The van der Waals surface area contributed by atoms with Crippen molar-refractivity contribution in [3.63, 3.8) is 0 Å². The van der Waals surface area contributed by atoms with E-state index in [-0.39, 0.29) is 0 Å². The monoisotopic (exact) mass is 522 g/mol. The molecule has 1 aliphatic heterocycles. The van der Waals surface area contributed by atoms with E-state index >= 15 is 0 Å². The van der Waals surface area contributed by atoms with Crippen molar-refractivity contribution in [2.75, 3.05) is 0 Å². The molecule has 0 N–H and O–H groups in total. The van der Waals surface area contributed by atoms with Crippen molar-refractivity contribution >= 4 is 28.1 Å². The Morgan fingerprint density at radius 3 is 0.955 bits per heavy atom. The van der Waals surface area contributed by atoms with E-state index in [1.165, 1.54) is 25.7 Å². The summed E-state index contributed by atoms with van der Waals surface area (Å²) < 4.78 is 9.80. The van der Waals surface area contributed by atoms with Gasteiger partial charge in [-0.05, 0) is 0 Å². The number of hydrogen-bond donors (Lipinski definition) is 0. The Bertz CT molecular complexity index is 412. The fourth-order valence-electron chi connectivity index (χ4n) is 4.60. The number of hydrogen-bond acceptors (Lipinski definition) is 0. The van der Waals surface area contributed by atoms with Crippen molar-refractivity contribution < 1.29 is 0 Å². The SMILES string of the molecule is CC[CH](C)[Sb]1([CH](C)CC)=[Sb]([CH](C)CC)([CH](C)CC)[CH]=CC=[CH]1. The van der Waals surface area contributed by atoms with Gasteiger partial charge in [-0.1, -0.05) is 0 Å². The molecule has 0 saturated heterocycles. The van der Waals surface area contributed by atoms with Crippen LogP contribution in [-0.4, -0.2) is 28.1 Å². The number of allylic oxidation sites excluding steroid dienone is 2. The zero-order valence-corrected chi connectivity index (χ0v) is 21.4. The summed E-state index contributed by atoms with van der Waals surface area (Å²) in [5.74, 6) is 0.